The van der Waals surface area contributed by atoms with Crippen LogP contribution in [0.25, 0.3) is 43.1 Å². The average Bonchev–Trinajstić information content (AvgIpc) is 2.83. The van der Waals surface area contributed by atoms with Gasteiger partial charge in [-0.3, -0.25) is 4.79 Å². The zero-order valence-corrected chi connectivity index (χ0v) is 17.0. The molecule has 6 rings (SSSR count). The number of ketones is 1. The number of hydrogen-bond donors (Lipinski definition) is 0. The Kier molecular flexibility index (Phi) is 4.07. The molecule has 0 aliphatic carbocycles. The summed E-state index contributed by atoms with van der Waals surface area (Å²) < 4.78 is 0. The largest absolute Gasteiger partial charge is 0.294 e. The Bertz CT molecular complexity index is 1620. The molecule has 146 valence electrons. The van der Waals surface area contributed by atoms with Crippen LogP contribution in [0.15, 0.2) is 109 Å². The smallest absolute Gasteiger partial charge is 0.167 e. The van der Waals surface area contributed by atoms with Crippen molar-refractivity contribution in [1.82, 2.24) is 0 Å². The van der Waals surface area contributed by atoms with E-state index in [1.807, 2.05) is 18.2 Å². The van der Waals surface area contributed by atoms with Gasteiger partial charge in [-0.15, -0.1) is 0 Å². The lowest BCUT2D eigenvalue weighted by atomic mass is 9.90. The van der Waals surface area contributed by atoms with Crippen molar-refractivity contribution in [3.63, 3.8) is 0 Å². The first kappa shape index (κ1) is 17.9. The summed E-state index contributed by atoms with van der Waals surface area (Å²) >= 11 is 0. The first-order chi connectivity index (χ1) is 15.3. The Morgan fingerprint density at radius 2 is 0.935 bits per heavy atom. The minimum atomic E-state index is 0.155. The minimum Gasteiger partial charge on any atom is -0.294 e. The van der Waals surface area contributed by atoms with E-state index in [9.17, 15) is 4.79 Å². The molecule has 6 aromatic carbocycles. The molecule has 0 amide bonds. The number of benzene rings is 6. The summed E-state index contributed by atoms with van der Waals surface area (Å²) in [5, 5.41) is 9.20. The van der Waals surface area contributed by atoms with Gasteiger partial charge >= 0.3 is 0 Å². The summed E-state index contributed by atoms with van der Waals surface area (Å²) in [6.45, 7) is 0. The highest BCUT2D eigenvalue weighted by molar-refractivity contribution is 6.19. The van der Waals surface area contributed by atoms with Crippen LogP contribution in [0.2, 0.25) is 0 Å². The first-order valence-corrected chi connectivity index (χ1v) is 10.6. The van der Waals surface area contributed by atoms with Gasteiger partial charge in [-0.1, -0.05) is 103 Å². The van der Waals surface area contributed by atoms with Gasteiger partial charge in [0.1, 0.15) is 0 Å². The molecule has 31 heavy (non-hydrogen) atoms. The molecule has 1 nitrogen and oxygen atoms in total. The van der Waals surface area contributed by atoms with Gasteiger partial charge in [0.15, 0.2) is 5.78 Å². The summed E-state index contributed by atoms with van der Waals surface area (Å²) in [6, 6.07) is 37.6. The van der Waals surface area contributed by atoms with Crippen LogP contribution in [0.3, 0.4) is 0 Å². The van der Waals surface area contributed by atoms with Crippen molar-refractivity contribution in [3.8, 4) is 0 Å². The third-order valence-corrected chi connectivity index (χ3v) is 6.27. The lowest BCUT2D eigenvalue weighted by molar-refractivity contribution is 0.0995. The van der Waals surface area contributed by atoms with Gasteiger partial charge in [-0.2, -0.15) is 0 Å². The molecule has 0 fully saturated rings. The zero-order valence-electron chi connectivity index (χ0n) is 17.0. The van der Waals surface area contributed by atoms with Crippen LogP contribution in [0.4, 0.5) is 0 Å². The standard InChI is InChI=1S/C30H20O/c31-30(29-18-21-10-2-4-12-24(21)27-15-7-8-16-28(27)29)19-22-17-20-9-1-3-11-23(20)26-14-6-5-13-25(22)26/h1-18H,19H2. The van der Waals surface area contributed by atoms with Crippen molar-refractivity contribution in [1.29, 1.82) is 0 Å². The molecule has 0 spiro atoms. The molecule has 0 unspecified atom stereocenters. The monoisotopic (exact) mass is 396 g/mol. The predicted octanol–water partition coefficient (Wildman–Crippen LogP) is 7.72. The second kappa shape index (κ2) is 7.07. The van der Waals surface area contributed by atoms with Crippen LogP contribution in [-0.4, -0.2) is 5.78 Å². The van der Waals surface area contributed by atoms with Gasteiger partial charge in [0.05, 0.1) is 0 Å². The van der Waals surface area contributed by atoms with Crippen molar-refractivity contribution in [2.45, 2.75) is 6.42 Å². The lowest BCUT2D eigenvalue weighted by Crippen LogP contribution is -2.05. The van der Waals surface area contributed by atoms with Gasteiger partial charge in [0.25, 0.3) is 0 Å². The molecule has 0 aliphatic rings. The Balaban J connectivity index is 1.55. The molecule has 0 aromatic heterocycles. The van der Waals surface area contributed by atoms with Gasteiger partial charge in [0, 0.05) is 12.0 Å². The molecule has 0 atom stereocenters. The maximum absolute atomic E-state index is 13.7. The molecule has 0 bridgehead atoms. The van der Waals surface area contributed by atoms with E-state index in [2.05, 4.69) is 91.0 Å². The van der Waals surface area contributed by atoms with E-state index < -0.39 is 0 Å². The molecule has 1 heteroatoms. The van der Waals surface area contributed by atoms with Crippen LogP contribution in [-0.2, 0) is 6.42 Å². The Morgan fingerprint density at radius 3 is 1.58 bits per heavy atom. The third kappa shape index (κ3) is 2.90. The first-order valence-electron chi connectivity index (χ1n) is 10.6. The SMILES string of the molecule is O=C(Cc1cc2ccccc2c2ccccc12)c1cc2ccccc2c2ccccc12. The van der Waals surface area contributed by atoms with E-state index in [0.29, 0.717) is 6.42 Å². The highest BCUT2D eigenvalue weighted by Gasteiger charge is 2.16. The average molecular weight is 396 g/mol. The number of carbonyl (C=O) groups is 1. The number of rotatable bonds is 3. The highest BCUT2D eigenvalue weighted by Crippen LogP contribution is 2.32. The summed E-state index contributed by atoms with van der Waals surface area (Å²) in [6.07, 6.45) is 0.383. The van der Waals surface area contributed by atoms with Crippen LogP contribution in [0.1, 0.15) is 15.9 Å². The van der Waals surface area contributed by atoms with E-state index in [1.165, 1.54) is 21.5 Å². The molecular weight excluding hydrogens is 376 g/mol. The van der Waals surface area contributed by atoms with Crippen molar-refractivity contribution in [3.05, 3.63) is 120 Å². The molecule has 0 aliphatic heterocycles. The van der Waals surface area contributed by atoms with Crippen LogP contribution in [0.5, 0.6) is 0 Å². The fourth-order valence-electron chi connectivity index (χ4n) is 4.83. The number of Topliss-reactive ketones (excluding diaryl/α,β-unsaturated/α-hetero) is 1. The van der Waals surface area contributed by atoms with Gasteiger partial charge < -0.3 is 0 Å². The second-order valence-electron chi connectivity index (χ2n) is 8.09. The zero-order chi connectivity index (χ0) is 20.8. The van der Waals surface area contributed by atoms with E-state index >= 15 is 0 Å². The summed E-state index contributed by atoms with van der Waals surface area (Å²) in [5.41, 5.74) is 1.88. The van der Waals surface area contributed by atoms with Gasteiger partial charge in [0.2, 0.25) is 0 Å². The van der Waals surface area contributed by atoms with Crippen molar-refractivity contribution >= 4 is 48.9 Å². The van der Waals surface area contributed by atoms with E-state index in [1.54, 1.807) is 0 Å². The van der Waals surface area contributed by atoms with E-state index in [4.69, 9.17) is 0 Å². The van der Waals surface area contributed by atoms with E-state index in [0.717, 1.165) is 32.7 Å². The molecule has 0 N–H and O–H groups in total. The Morgan fingerprint density at radius 1 is 0.484 bits per heavy atom. The summed E-state index contributed by atoms with van der Waals surface area (Å²) in [5.74, 6) is 0.155. The van der Waals surface area contributed by atoms with Crippen LogP contribution in [0, 0.1) is 0 Å². The van der Waals surface area contributed by atoms with Gasteiger partial charge in [-0.05, 0) is 54.7 Å². The van der Waals surface area contributed by atoms with E-state index in [-0.39, 0.29) is 5.78 Å². The topological polar surface area (TPSA) is 17.1 Å². The summed E-state index contributed by atoms with van der Waals surface area (Å²) in [7, 11) is 0. The fraction of sp³-hybridized carbons (Fsp3) is 0.0333. The molecule has 0 radical (unpaired) electrons. The molecule has 0 saturated heterocycles. The van der Waals surface area contributed by atoms with Crippen molar-refractivity contribution < 1.29 is 4.79 Å². The molecule has 0 heterocycles. The number of fused-ring (bicyclic) bond motifs is 6. The Labute approximate surface area is 180 Å². The van der Waals surface area contributed by atoms with Crippen molar-refractivity contribution in [2.75, 3.05) is 0 Å². The molecule has 0 saturated carbocycles. The lowest BCUT2D eigenvalue weighted by Gasteiger charge is -2.13. The normalized spacial score (nSPS) is 11.5. The van der Waals surface area contributed by atoms with Crippen molar-refractivity contribution in [2.24, 2.45) is 0 Å². The fourth-order valence-corrected chi connectivity index (χ4v) is 4.83. The maximum atomic E-state index is 13.7. The highest BCUT2D eigenvalue weighted by atomic mass is 16.1. The Hall–Kier alpha value is -3.97. The molecule has 6 aromatic rings. The third-order valence-electron chi connectivity index (χ3n) is 6.27. The predicted molar refractivity (Wildman–Crippen MR) is 131 cm³/mol. The van der Waals surface area contributed by atoms with Crippen LogP contribution < -0.4 is 0 Å². The van der Waals surface area contributed by atoms with Crippen LogP contribution >= 0.6 is 0 Å². The molecular formula is C30H20O. The maximum Gasteiger partial charge on any atom is 0.167 e. The quantitative estimate of drug-likeness (QED) is 0.221. The number of hydrogen-bond acceptors (Lipinski definition) is 1. The minimum absolute atomic E-state index is 0.155. The van der Waals surface area contributed by atoms with Gasteiger partial charge in [-0.25, -0.2) is 0 Å². The second-order valence-corrected chi connectivity index (χ2v) is 8.09. The summed E-state index contributed by atoms with van der Waals surface area (Å²) in [4.78, 5) is 13.7. The number of carbonyl (C=O) groups excluding carboxylic acids is 1.